The molecule has 0 radical (unpaired) electrons. The van der Waals surface area contributed by atoms with E-state index in [4.69, 9.17) is 18.5 Å². The first kappa shape index (κ1) is 73.5. The zero-order chi connectivity index (χ0) is 55.6. The molecule has 2 unspecified atom stereocenters. The lowest BCUT2D eigenvalue weighted by Crippen LogP contribution is -2.37. The largest absolute Gasteiger partial charge is 0.472 e. The van der Waals surface area contributed by atoms with Crippen molar-refractivity contribution in [2.24, 2.45) is 0 Å². The first-order valence-electron chi connectivity index (χ1n) is 31.7. The van der Waals surface area contributed by atoms with E-state index < -0.39 is 26.5 Å². The minimum absolute atomic E-state index is 0.0328. The molecule has 0 aromatic carbocycles. The maximum absolute atomic E-state index is 12.8. The molecule has 0 spiro atoms. The minimum atomic E-state index is -4.38. The molecule has 2 atom stereocenters. The Morgan fingerprint density at radius 1 is 0.421 bits per heavy atom. The van der Waals surface area contributed by atoms with Gasteiger partial charge in [0.2, 0.25) is 0 Å². The topological polar surface area (TPSA) is 108 Å². The second kappa shape index (κ2) is 57.1. The molecule has 1 N–H and O–H groups in total. The molecule has 0 rings (SSSR count). The highest BCUT2D eigenvalue weighted by molar-refractivity contribution is 7.47. The van der Waals surface area contributed by atoms with Crippen molar-refractivity contribution in [1.29, 1.82) is 0 Å². The van der Waals surface area contributed by atoms with Gasteiger partial charge in [-0.1, -0.05) is 279 Å². The Morgan fingerprint density at radius 2 is 0.750 bits per heavy atom. The number of ether oxygens (including phenoxy) is 2. The van der Waals surface area contributed by atoms with Crippen molar-refractivity contribution in [3.63, 3.8) is 0 Å². The van der Waals surface area contributed by atoms with Crippen LogP contribution in [0.1, 0.15) is 284 Å². The van der Waals surface area contributed by atoms with E-state index in [1.807, 2.05) is 21.1 Å². The van der Waals surface area contributed by atoms with E-state index in [1.54, 1.807) is 0 Å². The number of rotatable bonds is 58. The van der Waals surface area contributed by atoms with Gasteiger partial charge in [0.15, 0.2) is 6.10 Å². The number of phosphoric ester groups is 1. The van der Waals surface area contributed by atoms with Crippen LogP contribution in [0.25, 0.3) is 0 Å². The van der Waals surface area contributed by atoms with E-state index in [2.05, 4.69) is 86.8 Å². The summed E-state index contributed by atoms with van der Waals surface area (Å²) in [5, 5.41) is 0. The van der Waals surface area contributed by atoms with Crippen LogP contribution < -0.4 is 0 Å². The minimum Gasteiger partial charge on any atom is -0.462 e. The third kappa shape index (κ3) is 60.7. The first-order chi connectivity index (χ1) is 37.0. The number of carbonyl (C=O) groups is 2. The highest BCUT2D eigenvalue weighted by Gasteiger charge is 2.27. The lowest BCUT2D eigenvalue weighted by Gasteiger charge is -2.24. The quantitative estimate of drug-likeness (QED) is 0.0211. The third-order valence-corrected chi connectivity index (χ3v) is 14.7. The van der Waals surface area contributed by atoms with Crippen molar-refractivity contribution >= 4 is 19.8 Å². The Labute approximate surface area is 469 Å². The second-order valence-corrected chi connectivity index (χ2v) is 23.9. The molecular weight excluding hydrogens is 966 g/mol. The summed E-state index contributed by atoms with van der Waals surface area (Å²) >= 11 is 0. The molecule has 0 saturated carbocycles. The predicted molar refractivity (Wildman–Crippen MR) is 326 cm³/mol. The van der Waals surface area contributed by atoms with E-state index >= 15 is 0 Å². The number of quaternary nitrogens is 1. The zero-order valence-electron chi connectivity index (χ0n) is 50.2. The summed E-state index contributed by atoms with van der Waals surface area (Å²) in [4.78, 5) is 35.7. The molecule has 9 nitrogen and oxygen atoms in total. The summed E-state index contributed by atoms with van der Waals surface area (Å²) in [6.07, 6.45) is 75.6. The van der Waals surface area contributed by atoms with Crippen LogP contribution in [0.5, 0.6) is 0 Å². The highest BCUT2D eigenvalue weighted by Crippen LogP contribution is 2.43. The van der Waals surface area contributed by atoms with Crippen molar-refractivity contribution in [2.75, 3.05) is 47.5 Å². The molecule has 10 heteroatoms. The molecule has 76 heavy (non-hydrogen) atoms. The zero-order valence-corrected chi connectivity index (χ0v) is 51.1. The summed E-state index contributed by atoms with van der Waals surface area (Å²) in [7, 11) is 1.49. The average molecular weight is 1090 g/mol. The van der Waals surface area contributed by atoms with Gasteiger partial charge in [0, 0.05) is 12.8 Å². The number of phosphoric acid groups is 1. The Bertz CT molecular complexity index is 1510. The third-order valence-electron chi connectivity index (χ3n) is 13.8. The van der Waals surface area contributed by atoms with Gasteiger partial charge < -0.3 is 18.9 Å². The summed E-state index contributed by atoms with van der Waals surface area (Å²) in [5.41, 5.74) is 0. The van der Waals surface area contributed by atoms with Gasteiger partial charge in [0.05, 0.1) is 27.7 Å². The van der Waals surface area contributed by atoms with E-state index in [-0.39, 0.29) is 25.6 Å². The van der Waals surface area contributed by atoms with Gasteiger partial charge in [-0.25, -0.2) is 4.57 Å². The summed E-state index contributed by atoms with van der Waals surface area (Å²) in [5.74, 6) is -0.785. The number of carbonyl (C=O) groups excluding carboxylic acids is 2. The summed E-state index contributed by atoms with van der Waals surface area (Å²) < 4.78 is 34.6. The van der Waals surface area contributed by atoms with Crippen LogP contribution in [0.15, 0.2) is 72.9 Å². The second-order valence-electron chi connectivity index (χ2n) is 22.4. The van der Waals surface area contributed by atoms with Crippen molar-refractivity contribution in [2.45, 2.75) is 290 Å². The fourth-order valence-corrected chi connectivity index (χ4v) is 9.65. The molecule has 0 aliphatic heterocycles. The maximum Gasteiger partial charge on any atom is 0.472 e. The molecule has 442 valence electrons. The molecule has 0 heterocycles. The number of hydrogen-bond donors (Lipinski definition) is 1. The van der Waals surface area contributed by atoms with E-state index in [0.29, 0.717) is 23.9 Å². The normalized spacial score (nSPS) is 13.7. The van der Waals surface area contributed by atoms with Crippen LogP contribution in [0.4, 0.5) is 0 Å². The van der Waals surface area contributed by atoms with Crippen LogP contribution in [0, 0.1) is 0 Å². The number of nitrogens with zero attached hydrogens (tertiary/aromatic N) is 1. The molecule has 0 aliphatic carbocycles. The Hall–Kier alpha value is -2.55. The fraction of sp³-hybridized carbons (Fsp3) is 0.788. The monoisotopic (exact) mass is 1090 g/mol. The Morgan fingerprint density at radius 3 is 1.12 bits per heavy atom. The van der Waals surface area contributed by atoms with Crippen LogP contribution in [-0.4, -0.2) is 74.9 Å². The predicted octanol–water partition coefficient (Wildman–Crippen LogP) is 20.0. The van der Waals surface area contributed by atoms with Crippen molar-refractivity contribution < 1.29 is 42.1 Å². The smallest absolute Gasteiger partial charge is 0.462 e. The van der Waals surface area contributed by atoms with Crippen LogP contribution in [0.3, 0.4) is 0 Å². The van der Waals surface area contributed by atoms with Crippen LogP contribution >= 0.6 is 7.82 Å². The van der Waals surface area contributed by atoms with Gasteiger partial charge in [0.1, 0.15) is 19.8 Å². The van der Waals surface area contributed by atoms with E-state index in [1.165, 1.54) is 180 Å². The van der Waals surface area contributed by atoms with Crippen molar-refractivity contribution in [3.05, 3.63) is 72.9 Å². The van der Waals surface area contributed by atoms with Gasteiger partial charge in [-0.3, -0.25) is 18.6 Å². The van der Waals surface area contributed by atoms with Gasteiger partial charge in [-0.15, -0.1) is 0 Å². The van der Waals surface area contributed by atoms with Gasteiger partial charge in [-0.2, -0.15) is 0 Å². The molecule has 0 amide bonds. The number of unbranched alkanes of at least 4 members (excludes halogenated alkanes) is 32. The SMILES string of the molecule is CC/C=C\C/C=C\C/C=C\C/C=C\C/C=C\C/C=C\CCCCCCCCCCCCCCCCCCCCC(=O)OC(COC(=O)CCCCCCCCCCCCCCCCC)COP(=O)(O)OCC[N+](C)(C)C. The van der Waals surface area contributed by atoms with Crippen molar-refractivity contribution in [3.8, 4) is 0 Å². The van der Waals surface area contributed by atoms with Crippen LogP contribution in [-0.2, 0) is 32.7 Å². The highest BCUT2D eigenvalue weighted by atomic mass is 31.2. The standard InChI is InChI=1S/C66H120NO8P/c1-6-8-10-12-14-16-18-20-22-23-24-25-26-27-28-29-30-31-32-33-34-35-36-37-38-39-40-41-42-43-45-47-49-51-53-55-57-59-66(69)75-64(63-74-76(70,71)73-61-60-67(3,4)5)62-72-65(68)58-56-54-52-50-48-46-44-21-19-17-15-13-11-9-7-2/h8,10,14,16,20,22,24-25,27-28,30-31,64H,6-7,9,11-13,15,17-19,21,23,26,29,32-63H2,1-5H3/p+1/b10-8-,16-14-,22-20-,25-24-,28-27-,31-30-. The summed E-state index contributed by atoms with van der Waals surface area (Å²) in [6.45, 7) is 4.35. The van der Waals surface area contributed by atoms with Crippen LogP contribution in [0.2, 0.25) is 0 Å². The number of hydrogen-bond acceptors (Lipinski definition) is 7. The first-order valence-corrected chi connectivity index (χ1v) is 33.2. The van der Waals surface area contributed by atoms with E-state index in [9.17, 15) is 19.0 Å². The molecular formula is C66H121NO8P+. The van der Waals surface area contributed by atoms with Gasteiger partial charge >= 0.3 is 19.8 Å². The number of allylic oxidation sites excluding steroid dienone is 12. The number of esters is 2. The Kier molecular flexibility index (Phi) is 55.2. The van der Waals surface area contributed by atoms with Gasteiger partial charge in [0.25, 0.3) is 0 Å². The summed E-state index contributed by atoms with van der Waals surface area (Å²) in [6, 6.07) is 0. The number of likely N-dealkylation sites (N-methyl/N-ethyl adjacent to an activating group) is 1. The fourth-order valence-electron chi connectivity index (χ4n) is 8.90. The molecule has 0 bridgehead atoms. The molecule has 0 fully saturated rings. The lowest BCUT2D eigenvalue weighted by molar-refractivity contribution is -0.870. The maximum atomic E-state index is 12.8. The van der Waals surface area contributed by atoms with Gasteiger partial charge in [-0.05, 0) is 64.2 Å². The molecule has 0 aliphatic rings. The lowest BCUT2D eigenvalue weighted by atomic mass is 10.0. The molecule has 0 aromatic heterocycles. The molecule has 0 saturated heterocycles. The Balaban J connectivity index is 3.98. The molecule has 0 aromatic rings. The van der Waals surface area contributed by atoms with Crippen molar-refractivity contribution in [1.82, 2.24) is 0 Å². The average Bonchev–Trinajstić information content (AvgIpc) is 3.38. The van der Waals surface area contributed by atoms with E-state index in [0.717, 1.165) is 70.6 Å².